The zero-order chi connectivity index (χ0) is 23.6. The fraction of sp³-hybridized carbons (Fsp3) is 0.692. The van der Waals surface area contributed by atoms with Crippen molar-refractivity contribution in [2.75, 3.05) is 13.6 Å². The molecule has 3 N–H and O–H groups in total. The fourth-order valence-electron chi connectivity index (χ4n) is 4.65. The molecule has 0 spiro atoms. The first-order chi connectivity index (χ1) is 14.6. The number of carbonyl (C=O) groups excluding carboxylic acids is 2. The molecule has 0 bridgehead atoms. The average Bonchev–Trinajstić information content (AvgIpc) is 2.72. The zero-order valence-electron chi connectivity index (χ0n) is 20.5. The maximum Gasteiger partial charge on any atom is 0.237 e. The maximum atomic E-state index is 13.2. The predicted molar refractivity (Wildman–Crippen MR) is 131 cm³/mol. The van der Waals surface area contributed by atoms with Gasteiger partial charge in [-0.25, -0.2) is 0 Å². The molecule has 1 fully saturated rings. The summed E-state index contributed by atoms with van der Waals surface area (Å²) in [6.07, 6.45) is 9.19. The van der Waals surface area contributed by atoms with E-state index in [9.17, 15) is 9.59 Å². The predicted octanol–water partition coefficient (Wildman–Crippen LogP) is 4.23. The van der Waals surface area contributed by atoms with Gasteiger partial charge in [0.1, 0.15) is 0 Å². The molecule has 1 rings (SSSR count). The highest BCUT2D eigenvalue weighted by atomic mass is 16.2. The molecule has 0 aromatic carbocycles. The minimum Gasteiger partial charge on any atom is -0.353 e. The van der Waals surface area contributed by atoms with E-state index in [0.717, 1.165) is 24.8 Å². The Morgan fingerprint density at radius 2 is 1.77 bits per heavy atom. The lowest BCUT2D eigenvalue weighted by Crippen LogP contribution is -2.52. The quantitative estimate of drug-likeness (QED) is 0.405. The molecule has 0 saturated heterocycles. The van der Waals surface area contributed by atoms with Crippen molar-refractivity contribution < 1.29 is 9.59 Å². The van der Waals surface area contributed by atoms with Crippen molar-refractivity contribution >= 4 is 11.8 Å². The largest absolute Gasteiger partial charge is 0.353 e. The molecule has 5 heteroatoms. The second-order valence-electron chi connectivity index (χ2n) is 9.82. The maximum absolute atomic E-state index is 13.2. The van der Waals surface area contributed by atoms with Gasteiger partial charge in [-0.05, 0) is 55.6 Å². The summed E-state index contributed by atoms with van der Waals surface area (Å²) in [5.74, 6) is 1.91. The molecule has 176 valence electrons. The normalized spacial score (nSPS) is 23.9. The van der Waals surface area contributed by atoms with Crippen LogP contribution in [-0.2, 0) is 9.59 Å². The van der Waals surface area contributed by atoms with E-state index >= 15 is 0 Å². The van der Waals surface area contributed by atoms with Crippen LogP contribution in [0.4, 0.5) is 0 Å². The van der Waals surface area contributed by atoms with Crippen molar-refractivity contribution in [3.63, 3.8) is 0 Å². The lowest BCUT2D eigenvalue weighted by atomic mass is 9.70. The lowest BCUT2D eigenvalue weighted by molar-refractivity contribution is -0.130. The van der Waals surface area contributed by atoms with Crippen LogP contribution in [0.2, 0.25) is 0 Å². The third kappa shape index (κ3) is 8.64. The second kappa shape index (κ2) is 13.5. The minimum atomic E-state index is -0.353. The van der Waals surface area contributed by atoms with E-state index in [4.69, 9.17) is 0 Å². The minimum absolute atomic E-state index is 0.0293. The first-order valence-corrected chi connectivity index (χ1v) is 11.8. The van der Waals surface area contributed by atoms with Crippen molar-refractivity contribution in [1.29, 1.82) is 0 Å². The molecule has 31 heavy (non-hydrogen) atoms. The Labute approximate surface area is 190 Å². The Morgan fingerprint density at radius 3 is 2.29 bits per heavy atom. The number of amides is 2. The molecule has 4 unspecified atom stereocenters. The van der Waals surface area contributed by atoms with Gasteiger partial charge in [0.15, 0.2) is 0 Å². The van der Waals surface area contributed by atoms with Gasteiger partial charge in [-0.15, -0.1) is 0 Å². The number of hydrogen-bond donors (Lipinski definition) is 3. The van der Waals surface area contributed by atoms with Crippen LogP contribution >= 0.6 is 0 Å². The number of allylic oxidation sites excluding steroid dienone is 2. The van der Waals surface area contributed by atoms with E-state index in [1.807, 2.05) is 6.08 Å². The van der Waals surface area contributed by atoms with E-state index in [0.29, 0.717) is 30.2 Å². The molecule has 0 aliphatic heterocycles. The molecule has 5 nitrogen and oxygen atoms in total. The van der Waals surface area contributed by atoms with Crippen molar-refractivity contribution in [2.24, 2.45) is 29.6 Å². The van der Waals surface area contributed by atoms with Gasteiger partial charge in [-0.2, -0.15) is 0 Å². The molecular formula is C26H45N3O2. The van der Waals surface area contributed by atoms with Crippen LogP contribution in [0.3, 0.4) is 0 Å². The summed E-state index contributed by atoms with van der Waals surface area (Å²) in [7, 11) is 1.80. The highest BCUT2D eigenvalue weighted by Crippen LogP contribution is 2.38. The topological polar surface area (TPSA) is 70.2 Å². The summed E-state index contributed by atoms with van der Waals surface area (Å²) >= 11 is 0. The Morgan fingerprint density at radius 1 is 1.10 bits per heavy atom. The van der Waals surface area contributed by atoms with Crippen LogP contribution in [0.1, 0.15) is 60.3 Å². The zero-order valence-corrected chi connectivity index (χ0v) is 20.5. The Bertz CT molecular complexity index is 639. The van der Waals surface area contributed by atoms with E-state index in [1.54, 1.807) is 19.2 Å². The number of hydrogen-bond acceptors (Lipinski definition) is 3. The summed E-state index contributed by atoms with van der Waals surface area (Å²) < 4.78 is 0. The summed E-state index contributed by atoms with van der Waals surface area (Å²) in [5.41, 5.74) is 0.834. The molecule has 1 aliphatic rings. The fourth-order valence-corrected chi connectivity index (χ4v) is 4.65. The van der Waals surface area contributed by atoms with Gasteiger partial charge >= 0.3 is 0 Å². The molecule has 5 atom stereocenters. The van der Waals surface area contributed by atoms with Gasteiger partial charge in [-0.3, -0.25) is 9.59 Å². The average molecular weight is 432 g/mol. The highest BCUT2D eigenvalue weighted by Gasteiger charge is 2.35. The van der Waals surface area contributed by atoms with E-state index < -0.39 is 0 Å². The van der Waals surface area contributed by atoms with Gasteiger partial charge in [0, 0.05) is 12.5 Å². The molecule has 0 aromatic heterocycles. The lowest BCUT2D eigenvalue weighted by Gasteiger charge is -2.36. The number of rotatable bonds is 12. The summed E-state index contributed by atoms with van der Waals surface area (Å²) in [6, 6.07) is -0.633. The summed E-state index contributed by atoms with van der Waals surface area (Å²) in [6.45, 7) is 18.8. The van der Waals surface area contributed by atoms with Crippen LogP contribution in [-0.4, -0.2) is 37.5 Å². The highest BCUT2D eigenvalue weighted by molar-refractivity contribution is 5.83. The summed E-state index contributed by atoms with van der Waals surface area (Å²) in [5, 5.41) is 9.35. The van der Waals surface area contributed by atoms with Crippen LogP contribution in [0.5, 0.6) is 0 Å². The Balaban J connectivity index is 2.93. The SMILES string of the molecule is C=C/C=C(\C=C)C(CNC(=O)C1CC(C)CC[C@H]1C(C)C)NC(=O)C(CC(C)C)NC. The van der Waals surface area contributed by atoms with Crippen LogP contribution < -0.4 is 16.0 Å². The van der Waals surface area contributed by atoms with E-state index in [-0.39, 0.29) is 29.8 Å². The van der Waals surface area contributed by atoms with Crippen LogP contribution in [0, 0.1) is 29.6 Å². The van der Waals surface area contributed by atoms with Crippen molar-refractivity contribution in [1.82, 2.24) is 16.0 Å². The van der Waals surface area contributed by atoms with E-state index in [2.05, 4.69) is 63.7 Å². The smallest absolute Gasteiger partial charge is 0.237 e. The number of nitrogens with one attached hydrogen (secondary N) is 3. The molecule has 0 radical (unpaired) electrons. The van der Waals surface area contributed by atoms with Gasteiger partial charge in [-0.1, -0.05) is 72.4 Å². The third-order valence-corrected chi connectivity index (χ3v) is 6.48. The van der Waals surface area contributed by atoms with Gasteiger partial charge in [0.2, 0.25) is 11.8 Å². The standard InChI is InChI=1S/C26H45N3O2/c1-9-11-20(10-2)24(29-26(31)23(27-8)14-17(3)4)16-28-25(30)22-15-19(7)12-13-21(22)18(5)6/h9-11,17-19,21-24,27H,1-2,12-16H2,3-8H3,(H,28,30)(H,29,31)/b20-11+/t19?,21-,22?,23?,24?/m0/s1. The summed E-state index contributed by atoms with van der Waals surface area (Å²) in [4.78, 5) is 26.1. The molecule has 2 amide bonds. The number of carbonyl (C=O) groups is 2. The van der Waals surface area contributed by atoms with E-state index in [1.165, 1.54) is 6.42 Å². The van der Waals surface area contributed by atoms with Gasteiger partial charge in [0.25, 0.3) is 0 Å². The van der Waals surface area contributed by atoms with Gasteiger partial charge in [0.05, 0.1) is 12.1 Å². The van der Waals surface area contributed by atoms with Gasteiger partial charge < -0.3 is 16.0 Å². The molecule has 0 aromatic rings. The van der Waals surface area contributed by atoms with Crippen molar-refractivity contribution in [2.45, 2.75) is 72.4 Å². The molecular weight excluding hydrogens is 386 g/mol. The molecule has 1 saturated carbocycles. The van der Waals surface area contributed by atoms with Crippen LogP contribution in [0.15, 0.2) is 37.0 Å². The number of likely N-dealkylation sites (N-methyl/N-ethyl adjacent to an activating group) is 1. The first kappa shape index (κ1) is 27.2. The van der Waals surface area contributed by atoms with Crippen molar-refractivity contribution in [3.05, 3.63) is 37.0 Å². The van der Waals surface area contributed by atoms with Crippen molar-refractivity contribution in [3.8, 4) is 0 Å². The third-order valence-electron chi connectivity index (χ3n) is 6.48. The second-order valence-corrected chi connectivity index (χ2v) is 9.82. The molecule has 1 aliphatic carbocycles. The first-order valence-electron chi connectivity index (χ1n) is 11.8. The monoisotopic (exact) mass is 431 g/mol. The Hall–Kier alpha value is -1.88. The molecule has 0 heterocycles. The van der Waals surface area contributed by atoms with Crippen LogP contribution in [0.25, 0.3) is 0 Å². The Kier molecular flexibility index (Phi) is 11.8.